The molecule has 8 nitrogen and oxygen atoms in total. The minimum Gasteiger partial charge on any atom is -0.497 e. The number of methoxy groups -OCH3 is 1. The largest absolute Gasteiger partial charge is 0.497 e. The van der Waals surface area contributed by atoms with Gasteiger partial charge < -0.3 is 19.5 Å². The standard InChI is InChI=1S/C19H21ClN6O2/c1-28-14-4-3-13(15(20)10-14)9-16(27)25-5-2-6-26(8-7-25)19-17-18(22-11-21-17)23-12-24-19/h3-4,10-12H,2,5-9H2,1H3,(H,21,22,23,24). The van der Waals surface area contributed by atoms with Crippen molar-refractivity contribution in [3.8, 4) is 5.75 Å². The number of nitrogens with one attached hydrogen (secondary N) is 1. The Kier molecular flexibility index (Phi) is 5.29. The van der Waals surface area contributed by atoms with E-state index in [4.69, 9.17) is 16.3 Å². The van der Waals surface area contributed by atoms with Crippen LogP contribution in [0, 0.1) is 0 Å². The smallest absolute Gasteiger partial charge is 0.227 e. The molecule has 0 spiro atoms. The molecule has 1 fully saturated rings. The van der Waals surface area contributed by atoms with Crippen LogP contribution in [0.1, 0.15) is 12.0 Å². The van der Waals surface area contributed by atoms with E-state index >= 15 is 0 Å². The maximum atomic E-state index is 12.8. The van der Waals surface area contributed by atoms with E-state index in [0.717, 1.165) is 29.9 Å². The third-order valence-electron chi connectivity index (χ3n) is 4.95. The lowest BCUT2D eigenvalue weighted by atomic mass is 10.1. The van der Waals surface area contributed by atoms with Gasteiger partial charge in [0.05, 0.1) is 19.9 Å². The second-order valence-corrected chi connectivity index (χ2v) is 7.06. The molecule has 1 amide bonds. The van der Waals surface area contributed by atoms with Crippen LogP contribution in [-0.2, 0) is 11.2 Å². The molecule has 1 aromatic carbocycles. The molecule has 3 heterocycles. The Morgan fingerprint density at radius 2 is 2.11 bits per heavy atom. The summed E-state index contributed by atoms with van der Waals surface area (Å²) < 4.78 is 5.16. The van der Waals surface area contributed by atoms with Gasteiger partial charge in [-0.25, -0.2) is 15.0 Å². The molecular formula is C19H21ClN6O2. The molecule has 0 aliphatic carbocycles. The lowest BCUT2D eigenvalue weighted by Gasteiger charge is -2.23. The summed E-state index contributed by atoms with van der Waals surface area (Å²) >= 11 is 6.29. The van der Waals surface area contributed by atoms with Crippen LogP contribution in [0.2, 0.25) is 5.02 Å². The molecule has 146 valence electrons. The molecule has 0 radical (unpaired) electrons. The molecule has 2 aromatic heterocycles. The molecule has 0 unspecified atom stereocenters. The van der Waals surface area contributed by atoms with Gasteiger partial charge in [-0.3, -0.25) is 4.79 Å². The topological polar surface area (TPSA) is 87.2 Å². The molecule has 9 heteroatoms. The maximum absolute atomic E-state index is 12.8. The van der Waals surface area contributed by atoms with Gasteiger partial charge >= 0.3 is 0 Å². The van der Waals surface area contributed by atoms with Gasteiger partial charge in [0.1, 0.15) is 17.6 Å². The number of aromatic nitrogens is 4. The predicted molar refractivity (Wildman–Crippen MR) is 107 cm³/mol. The van der Waals surface area contributed by atoms with Gasteiger partial charge in [-0.15, -0.1) is 0 Å². The van der Waals surface area contributed by atoms with E-state index in [0.29, 0.717) is 36.1 Å². The third-order valence-corrected chi connectivity index (χ3v) is 5.30. The molecule has 0 atom stereocenters. The Balaban J connectivity index is 1.44. The molecule has 1 saturated heterocycles. The Morgan fingerprint density at radius 1 is 1.21 bits per heavy atom. The van der Waals surface area contributed by atoms with Gasteiger partial charge in [-0.1, -0.05) is 17.7 Å². The number of carbonyl (C=O) groups excluding carboxylic acids is 1. The summed E-state index contributed by atoms with van der Waals surface area (Å²) in [5.41, 5.74) is 2.28. The first-order chi connectivity index (χ1) is 13.7. The molecule has 1 N–H and O–H groups in total. The number of H-pyrrole nitrogens is 1. The zero-order chi connectivity index (χ0) is 19.5. The van der Waals surface area contributed by atoms with Crippen LogP contribution in [0.3, 0.4) is 0 Å². The molecule has 4 rings (SSSR count). The molecule has 0 saturated carbocycles. The van der Waals surface area contributed by atoms with Crippen LogP contribution < -0.4 is 9.64 Å². The summed E-state index contributed by atoms with van der Waals surface area (Å²) in [7, 11) is 1.59. The van der Waals surface area contributed by atoms with Crippen LogP contribution in [0.15, 0.2) is 30.9 Å². The van der Waals surface area contributed by atoms with E-state index in [9.17, 15) is 4.79 Å². The summed E-state index contributed by atoms with van der Waals surface area (Å²) in [5, 5.41) is 0.548. The Bertz CT molecular complexity index is 991. The number of nitrogens with zero attached hydrogens (tertiary/aromatic N) is 5. The van der Waals surface area contributed by atoms with Crippen molar-refractivity contribution in [3.63, 3.8) is 0 Å². The van der Waals surface area contributed by atoms with Gasteiger partial charge in [0.25, 0.3) is 0 Å². The van der Waals surface area contributed by atoms with Crippen molar-refractivity contribution in [3.05, 3.63) is 41.4 Å². The van der Waals surface area contributed by atoms with Crippen LogP contribution in [0.4, 0.5) is 5.82 Å². The highest BCUT2D eigenvalue weighted by molar-refractivity contribution is 6.31. The zero-order valence-corrected chi connectivity index (χ0v) is 16.3. The number of fused-ring (bicyclic) bond motifs is 1. The van der Waals surface area contributed by atoms with Crippen LogP contribution in [0.25, 0.3) is 11.2 Å². The fraction of sp³-hybridized carbons (Fsp3) is 0.368. The van der Waals surface area contributed by atoms with Gasteiger partial charge in [-0.05, 0) is 24.1 Å². The van der Waals surface area contributed by atoms with Crippen molar-refractivity contribution in [2.45, 2.75) is 12.8 Å². The van der Waals surface area contributed by atoms with Crippen LogP contribution in [0.5, 0.6) is 5.75 Å². The van der Waals surface area contributed by atoms with Crippen LogP contribution >= 0.6 is 11.6 Å². The summed E-state index contributed by atoms with van der Waals surface area (Å²) in [4.78, 5) is 32.8. The summed E-state index contributed by atoms with van der Waals surface area (Å²) in [5.74, 6) is 1.58. The van der Waals surface area contributed by atoms with Crippen LogP contribution in [-0.4, -0.2) is 64.0 Å². The van der Waals surface area contributed by atoms with Crippen molar-refractivity contribution >= 4 is 34.5 Å². The third kappa shape index (κ3) is 3.73. The van der Waals surface area contributed by atoms with E-state index in [1.54, 1.807) is 19.5 Å². The minimum absolute atomic E-state index is 0.0725. The fourth-order valence-electron chi connectivity index (χ4n) is 3.44. The van der Waals surface area contributed by atoms with Crippen molar-refractivity contribution in [2.75, 3.05) is 38.2 Å². The normalized spacial score (nSPS) is 14.9. The average molecular weight is 401 g/mol. The summed E-state index contributed by atoms with van der Waals surface area (Å²) in [6, 6.07) is 5.40. The summed E-state index contributed by atoms with van der Waals surface area (Å²) in [6.07, 6.45) is 4.29. The van der Waals surface area contributed by atoms with Gasteiger partial charge in [0.2, 0.25) is 5.91 Å². The number of amides is 1. The Labute approximate surface area is 167 Å². The van der Waals surface area contributed by atoms with Crippen molar-refractivity contribution < 1.29 is 9.53 Å². The van der Waals surface area contributed by atoms with E-state index in [2.05, 4.69) is 24.8 Å². The molecule has 28 heavy (non-hydrogen) atoms. The SMILES string of the molecule is COc1ccc(CC(=O)N2CCCN(c3ncnc4nc[nH]c34)CC2)c(Cl)c1. The fourth-order valence-corrected chi connectivity index (χ4v) is 3.68. The second-order valence-electron chi connectivity index (χ2n) is 6.65. The number of anilines is 1. The van der Waals surface area contributed by atoms with E-state index in [-0.39, 0.29) is 12.3 Å². The molecular weight excluding hydrogens is 380 g/mol. The summed E-state index contributed by atoms with van der Waals surface area (Å²) in [6.45, 7) is 2.86. The lowest BCUT2D eigenvalue weighted by molar-refractivity contribution is -0.130. The number of halogens is 1. The number of carbonyl (C=O) groups is 1. The first kappa shape index (κ1) is 18.5. The predicted octanol–water partition coefficient (Wildman–Crippen LogP) is 2.30. The number of imidazole rings is 1. The number of benzene rings is 1. The highest BCUT2D eigenvalue weighted by atomic mass is 35.5. The average Bonchev–Trinajstić information content (AvgIpc) is 3.06. The van der Waals surface area contributed by atoms with Gasteiger partial charge in [0.15, 0.2) is 11.5 Å². The monoisotopic (exact) mass is 400 g/mol. The number of hydrogen-bond donors (Lipinski definition) is 1. The molecule has 1 aliphatic rings. The minimum atomic E-state index is 0.0725. The molecule has 3 aromatic rings. The first-order valence-corrected chi connectivity index (χ1v) is 9.52. The second kappa shape index (κ2) is 8.02. The highest BCUT2D eigenvalue weighted by Gasteiger charge is 2.22. The number of rotatable bonds is 4. The van der Waals surface area contributed by atoms with E-state index in [1.807, 2.05) is 17.0 Å². The van der Waals surface area contributed by atoms with Gasteiger partial charge in [-0.2, -0.15) is 0 Å². The first-order valence-electron chi connectivity index (χ1n) is 9.15. The number of aromatic amines is 1. The van der Waals surface area contributed by atoms with E-state index in [1.165, 1.54) is 6.33 Å². The zero-order valence-electron chi connectivity index (χ0n) is 15.6. The lowest BCUT2D eigenvalue weighted by Crippen LogP contribution is -2.36. The quantitative estimate of drug-likeness (QED) is 0.723. The number of ether oxygens (including phenoxy) is 1. The van der Waals surface area contributed by atoms with Crippen molar-refractivity contribution in [1.29, 1.82) is 0 Å². The molecule has 1 aliphatic heterocycles. The van der Waals surface area contributed by atoms with E-state index < -0.39 is 0 Å². The van der Waals surface area contributed by atoms with Crippen molar-refractivity contribution in [1.82, 2.24) is 24.8 Å². The maximum Gasteiger partial charge on any atom is 0.227 e. The van der Waals surface area contributed by atoms with Crippen molar-refractivity contribution in [2.24, 2.45) is 0 Å². The highest BCUT2D eigenvalue weighted by Crippen LogP contribution is 2.24. The number of hydrogen-bond acceptors (Lipinski definition) is 6. The molecule has 0 bridgehead atoms. The Hall–Kier alpha value is -2.87. The Morgan fingerprint density at radius 3 is 2.93 bits per heavy atom. The van der Waals surface area contributed by atoms with Gasteiger partial charge in [0, 0.05) is 31.2 Å².